The molecule has 0 heterocycles. The van der Waals surface area contributed by atoms with E-state index in [0.29, 0.717) is 0 Å². The first-order valence-corrected chi connectivity index (χ1v) is 6.27. The largest absolute Gasteiger partial charge is 0.390 e. The summed E-state index contributed by atoms with van der Waals surface area (Å²) in [6.45, 7) is 13.9. The monoisotopic (exact) mass is 255 g/mol. The first kappa shape index (κ1) is 20.3. The van der Waals surface area contributed by atoms with Crippen LogP contribution in [0.3, 0.4) is 0 Å². The van der Waals surface area contributed by atoms with Crippen molar-refractivity contribution in [2.24, 2.45) is 5.41 Å². The smallest absolute Gasteiger partial charge is 0.0872 e. The molecule has 0 rings (SSSR count). The Bertz CT molecular complexity index is 220. The minimum Gasteiger partial charge on any atom is -0.390 e. The Morgan fingerprint density at radius 2 is 1.00 bits per heavy atom. The normalized spacial score (nSPS) is 13.7. The van der Waals surface area contributed by atoms with Gasteiger partial charge in [-0.3, -0.25) is 0 Å². The summed E-state index contributed by atoms with van der Waals surface area (Å²) in [5, 5.41) is 27.8. The van der Waals surface area contributed by atoms with E-state index < -0.39 is 16.8 Å². The molecule has 3 nitrogen and oxygen atoms in total. The van der Waals surface area contributed by atoms with Crippen molar-refractivity contribution in [1.29, 1.82) is 0 Å². The Hall–Kier alpha value is 0.00987. The molecule has 5 heteroatoms. The Balaban J connectivity index is 0. The molecule has 0 aromatic heterocycles. The van der Waals surface area contributed by atoms with Crippen molar-refractivity contribution in [3.05, 3.63) is 0 Å². The summed E-state index contributed by atoms with van der Waals surface area (Å²) >= 11 is 0. The molecule has 0 unspecified atom stereocenters. The van der Waals surface area contributed by atoms with Gasteiger partial charge in [0.1, 0.15) is 0 Å². The fraction of sp³-hybridized carbons (Fsp3) is 1.00. The molecule has 0 spiro atoms. The average Bonchev–Trinajstić information content (AvgIpc) is 1.98. The van der Waals surface area contributed by atoms with Gasteiger partial charge in [-0.1, -0.05) is 20.2 Å². The van der Waals surface area contributed by atoms with Crippen LogP contribution in [0.4, 0.5) is 0 Å². The Labute approximate surface area is 115 Å². The summed E-state index contributed by atoms with van der Waals surface area (Å²) in [5.41, 5.74) is -2.81. The van der Waals surface area contributed by atoms with E-state index in [9.17, 15) is 5.11 Å². The second-order valence-electron chi connectivity index (χ2n) is 7.00. The third-order valence-corrected chi connectivity index (χ3v) is 3.78. The Morgan fingerprint density at radius 3 is 1.06 bits per heavy atom. The molecule has 0 aromatic carbocycles. The quantitative estimate of drug-likeness (QED) is 0.667. The predicted octanol–water partition coefficient (Wildman–Crippen LogP) is 1.52. The van der Waals surface area contributed by atoms with Gasteiger partial charge in [-0.25, -0.2) is 0 Å². The highest BCUT2D eigenvalue weighted by molar-refractivity contribution is 6.89. The molecule has 0 fully saturated rings. The van der Waals surface area contributed by atoms with Crippen molar-refractivity contribution in [3.8, 4) is 0 Å². The van der Waals surface area contributed by atoms with Crippen molar-refractivity contribution in [2.75, 3.05) is 0 Å². The predicted molar refractivity (Wildman–Crippen MR) is 79.0 cm³/mol. The van der Waals surface area contributed by atoms with E-state index in [1.54, 1.807) is 48.7 Å². The van der Waals surface area contributed by atoms with E-state index in [1.165, 1.54) is 0 Å². The van der Waals surface area contributed by atoms with Crippen LogP contribution in [0.25, 0.3) is 0 Å². The van der Waals surface area contributed by atoms with Crippen LogP contribution in [0.2, 0.25) is 6.32 Å². The molecule has 3 N–H and O–H groups in total. The molecule has 0 aliphatic heterocycles. The number of aliphatic hydroxyl groups is 3. The van der Waals surface area contributed by atoms with E-state index in [-0.39, 0.29) is 5.41 Å². The summed E-state index contributed by atoms with van der Waals surface area (Å²) in [6, 6.07) is 0. The molecular formula is C13H29B2O3. The lowest BCUT2D eigenvalue weighted by atomic mass is 9.47. The van der Waals surface area contributed by atoms with Gasteiger partial charge in [-0.15, -0.1) is 0 Å². The van der Waals surface area contributed by atoms with Gasteiger partial charge in [0.15, 0.2) is 0 Å². The highest BCUT2D eigenvalue weighted by Gasteiger charge is 2.33. The van der Waals surface area contributed by atoms with Crippen molar-refractivity contribution in [3.63, 3.8) is 0 Å². The minimum absolute atomic E-state index is 0.137. The third-order valence-electron chi connectivity index (χ3n) is 3.78. The molecule has 0 bridgehead atoms. The van der Waals surface area contributed by atoms with E-state index in [1.807, 2.05) is 13.8 Å². The fourth-order valence-corrected chi connectivity index (χ4v) is 0.544. The van der Waals surface area contributed by atoms with E-state index in [0.717, 1.165) is 6.32 Å². The maximum Gasteiger partial charge on any atom is 0.0872 e. The highest BCUT2D eigenvalue weighted by Crippen LogP contribution is 2.33. The van der Waals surface area contributed by atoms with Gasteiger partial charge in [0, 0.05) is 7.74 Å². The maximum absolute atomic E-state index is 9.60. The van der Waals surface area contributed by atoms with Gasteiger partial charge >= 0.3 is 0 Å². The van der Waals surface area contributed by atoms with Crippen molar-refractivity contribution >= 4 is 14.9 Å². The van der Waals surface area contributed by atoms with E-state index in [2.05, 4.69) is 0 Å². The zero-order chi connectivity index (χ0) is 15.4. The minimum atomic E-state index is -1.01. The molecule has 3 radical (unpaired) electrons. The molecule has 0 amide bonds. The SMILES string of the molecule is CC(C)(O)C(C)(C)O.[B][B]CC(C)(C)C(C)(C)O. The van der Waals surface area contributed by atoms with Gasteiger partial charge < -0.3 is 15.3 Å². The first-order valence-electron chi connectivity index (χ1n) is 6.27. The molecule has 0 saturated carbocycles. The van der Waals surface area contributed by atoms with Gasteiger partial charge in [-0.2, -0.15) is 0 Å². The fourth-order valence-electron chi connectivity index (χ4n) is 0.544. The van der Waals surface area contributed by atoms with Gasteiger partial charge in [0.25, 0.3) is 0 Å². The molecule has 0 aromatic rings. The van der Waals surface area contributed by atoms with Crippen LogP contribution in [0.1, 0.15) is 55.4 Å². The molecule has 0 aliphatic carbocycles. The Kier molecular flexibility index (Phi) is 7.28. The van der Waals surface area contributed by atoms with Crippen LogP contribution in [-0.2, 0) is 0 Å². The lowest BCUT2D eigenvalue weighted by Gasteiger charge is -2.37. The lowest BCUT2D eigenvalue weighted by Crippen LogP contribution is -2.44. The summed E-state index contributed by atoms with van der Waals surface area (Å²) in [6.07, 6.45) is 0.733. The summed E-state index contributed by atoms with van der Waals surface area (Å²) in [4.78, 5) is 0. The zero-order valence-corrected chi connectivity index (χ0v) is 13.2. The van der Waals surface area contributed by atoms with Crippen molar-refractivity contribution in [2.45, 2.75) is 78.5 Å². The van der Waals surface area contributed by atoms with Gasteiger partial charge in [0.2, 0.25) is 0 Å². The van der Waals surface area contributed by atoms with Crippen LogP contribution >= 0.6 is 0 Å². The van der Waals surface area contributed by atoms with Crippen LogP contribution in [0.5, 0.6) is 0 Å². The van der Waals surface area contributed by atoms with Crippen LogP contribution in [0.15, 0.2) is 0 Å². The summed E-state index contributed by atoms with van der Waals surface area (Å²) in [5.74, 6) is 0. The summed E-state index contributed by atoms with van der Waals surface area (Å²) < 4.78 is 0. The van der Waals surface area contributed by atoms with Gasteiger partial charge in [-0.05, 0) is 47.0 Å². The molecule has 18 heavy (non-hydrogen) atoms. The lowest BCUT2D eigenvalue weighted by molar-refractivity contribution is -0.107. The molecule has 0 saturated heterocycles. The standard InChI is InChI=1S/C7H15B2O.C6H14O2/c1-6(2,5-9-8)7(3,4)10;1-5(2,7)6(3,4)8/h10H,5H2,1-4H3;7-8H,1-4H3. The second-order valence-corrected chi connectivity index (χ2v) is 7.00. The average molecular weight is 255 g/mol. The van der Waals surface area contributed by atoms with Gasteiger partial charge in [0.05, 0.1) is 24.0 Å². The number of hydrogen-bond donors (Lipinski definition) is 3. The Morgan fingerprint density at radius 1 is 0.722 bits per heavy atom. The van der Waals surface area contributed by atoms with Crippen LogP contribution < -0.4 is 0 Å². The third kappa shape index (κ3) is 7.45. The number of rotatable bonds is 4. The topological polar surface area (TPSA) is 60.7 Å². The second kappa shape index (κ2) is 6.44. The summed E-state index contributed by atoms with van der Waals surface area (Å²) in [7, 11) is 6.87. The van der Waals surface area contributed by atoms with Crippen LogP contribution in [-0.4, -0.2) is 47.0 Å². The molecule has 0 atom stereocenters. The maximum atomic E-state index is 9.60. The highest BCUT2D eigenvalue weighted by atomic mass is 16.3. The molecule has 0 aliphatic rings. The molecule has 105 valence electrons. The zero-order valence-electron chi connectivity index (χ0n) is 13.2. The molecular weight excluding hydrogens is 226 g/mol. The van der Waals surface area contributed by atoms with Crippen LogP contribution in [0, 0.1) is 5.41 Å². The van der Waals surface area contributed by atoms with E-state index >= 15 is 0 Å². The van der Waals surface area contributed by atoms with Crippen molar-refractivity contribution < 1.29 is 15.3 Å². The van der Waals surface area contributed by atoms with E-state index in [4.69, 9.17) is 18.0 Å². The first-order chi connectivity index (χ1) is 7.56. The number of hydrogen-bond acceptors (Lipinski definition) is 3. The van der Waals surface area contributed by atoms with Crippen molar-refractivity contribution in [1.82, 2.24) is 0 Å².